The van der Waals surface area contributed by atoms with Crippen molar-refractivity contribution in [2.45, 2.75) is 63.5 Å². The number of nitrogens with zero attached hydrogens (tertiary/aromatic N) is 3. The van der Waals surface area contributed by atoms with E-state index < -0.39 is 6.10 Å². The highest BCUT2D eigenvalue weighted by atomic mass is 16.3. The van der Waals surface area contributed by atoms with Crippen LogP contribution in [0.25, 0.3) is 0 Å². The molecule has 6 rings (SSSR count). The Morgan fingerprint density at radius 3 is 2.54 bits per heavy atom. The zero-order valence-corrected chi connectivity index (χ0v) is 22.0. The number of hydrogen-bond acceptors (Lipinski definition) is 4. The molecular weight excluding hydrogens is 462 g/mol. The molecule has 6 nitrogen and oxygen atoms in total. The molecule has 1 saturated carbocycles. The van der Waals surface area contributed by atoms with Crippen molar-refractivity contribution in [1.82, 2.24) is 14.7 Å². The number of carbonyl (C=O) groups is 2. The van der Waals surface area contributed by atoms with E-state index in [2.05, 4.69) is 47.4 Å². The average Bonchev–Trinajstić information content (AvgIpc) is 3.67. The second kappa shape index (κ2) is 9.88. The van der Waals surface area contributed by atoms with Gasteiger partial charge < -0.3 is 14.9 Å². The highest BCUT2D eigenvalue weighted by Gasteiger charge is 2.51. The SMILES string of the molecule is CC(=O)N1CCC(Cc2ccc3c(c2)C(=O)N(CC(O)CN2CCc4ccccc4C2)CC32CC2)CC1. The van der Waals surface area contributed by atoms with Gasteiger partial charge in [-0.15, -0.1) is 0 Å². The monoisotopic (exact) mass is 501 g/mol. The quantitative estimate of drug-likeness (QED) is 0.659. The number of benzene rings is 2. The first kappa shape index (κ1) is 24.6. The van der Waals surface area contributed by atoms with E-state index in [-0.39, 0.29) is 17.2 Å². The van der Waals surface area contributed by atoms with Crippen molar-refractivity contribution in [1.29, 1.82) is 0 Å². The number of carbonyl (C=O) groups excluding carboxylic acids is 2. The van der Waals surface area contributed by atoms with Gasteiger partial charge in [0.2, 0.25) is 5.91 Å². The Bertz CT molecular complexity index is 1180. The fourth-order valence-corrected chi connectivity index (χ4v) is 6.88. The topological polar surface area (TPSA) is 64.1 Å². The van der Waals surface area contributed by atoms with Crippen LogP contribution >= 0.6 is 0 Å². The molecule has 0 bridgehead atoms. The predicted molar refractivity (Wildman–Crippen MR) is 143 cm³/mol. The molecule has 2 fully saturated rings. The molecule has 1 unspecified atom stereocenters. The molecule has 6 heteroatoms. The van der Waals surface area contributed by atoms with Gasteiger partial charge in [0, 0.05) is 63.7 Å². The molecule has 1 N–H and O–H groups in total. The summed E-state index contributed by atoms with van der Waals surface area (Å²) < 4.78 is 0. The summed E-state index contributed by atoms with van der Waals surface area (Å²) in [5.41, 5.74) is 6.12. The summed E-state index contributed by atoms with van der Waals surface area (Å²) in [4.78, 5) is 31.5. The third-order valence-corrected chi connectivity index (χ3v) is 9.21. The number of aliphatic hydroxyl groups is 1. The fourth-order valence-electron chi connectivity index (χ4n) is 6.88. The van der Waals surface area contributed by atoms with Gasteiger partial charge in [0.05, 0.1) is 6.10 Å². The van der Waals surface area contributed by atoms with Gasteiger partial charge in [0.15, 0.2) is 0 Å². The normalized spacial score (nSPS) is 22.1. The van der Waals surface area contributed by atoms with E-state index >= 15 is 0 Å². The van der Waals surface area contributed by atoms with Crippen molar-refractivity contribution in [3.05, 3.63) is 70.3 Å². The van der Waals surface area contributed by atoms with Gasteiger partial charge in [-0.2, -0.15) is 0 Å². The highest BCUT2D eigenvalue weighted by molar-refractivity contribution is 5.98. The van der Waals surface area contributed by atoms with Crippen LogP contribution in [0.3, 0.4) is 0 Å². The van der Waals surface area contributed by atoms with Gasteiger partial charge in [-0.25, -0.2) is 0 Å². The van der Waals surface area contributed by atoms with Crippen molar-refractivity contribution >= 4 is 11.8 Å². The number of amides is 2. The zero-order chi connectivity index (χ0) is 25.6. The second-order valence-electron chi connectivity index (χ2n) is 11.9. The van der Waals surface area contributed by atoms with Crippen LogP contribution in [0.4, 0.5) is 0 Å². The molecule has 4 aliphatic rings. The number of piperidine rings is 1. The maximum Gasteiger partial charge on any atom is 0.254 e. The molecule has 2 amide bonds. The summed E-state index contributed by atoms with van der Waals surface area (Å²) in [5, 5.41) is 11.0. The Kier molecular flexibility index (Phi) is 6.58. The van der Waals surface area contributed by atoms with Gasteiger partial charge in [-0.3, -0.25) is 14.5 Å². The lowest BCUT2D eigenvalue weighted by atomic mass is 9.83. The summed E-state index contributed by atoms with van der Waals surface area (Å²) in [5.74, 6) is 0.790. The summed E-state index contributed by atoms with van der Waals surface area (Å²) in [7, 11) is 0. The van der Waals surface area contributed by atoms with Crippen molar-refractivity contribution in [2.24, 2.45) is 5.92 Å². The molecule has 0 aromatic heterocycles. The van der Waals surface area contributed by atoms with Crippen LogP contribution in [0.15, 0.2) is 42.5 Å². The Morgan fingerprint density at radius 2 is 1.81 bits per heavy atom. The maximum absolute atomic E-state index is 13.6. The minimum atomic E-state index is -0.554. The minimum absolute atomic E-state index is 0.0730. The first-order valence-electron chi connectivity index (χ1n) is 14.1. The largest absolute Gasteiger partial charge is 0.390 e. The second-order valence-corrected chi connectivity index (χ2v) is 11.9. The third kappa shape index (κ3) is 5.06. The van der Waals surface area contributed by atoms with Crippen molar-refractivity contribution in [3.63, 3.8) is 0 Å². The van der Waals surface area contributed by atoms with E-state index in [0.717, 1.165) is 76.8 Å². The third-order valence-electron chi connectivity index (χ3n) is 9.21. The summed E-state index contributed by atoms with van der Waals surface area (Å²) >= 11 is 0. The lowest BCUT2D eigenvalue weighted by Crippen LogP contribution is -2.49. The van der Waals surface area contributed by atoms with Crippen LogP contribution in [-0.2, 0) is 29.6 Å². The van der Waals surface area contributed by atoms with E-state index in [1.807, 2.05) is 9.80 Å². The standard InChI is InChI=1S/C31H39N3O3/c1-22(35)33-14-8-23(9-15-33)16-24-6-7-29-28(17-24)30(37)34(21-31(29)11-12-31)20-27(36)19-32-13-10-25-4-2-3-5-26(25)18-32/h2-7,17,23,27,36H,8-16,18-21H2,1H3. The smallest absolute Gasteiger partial charge is 0.254 e. The lowest BCUT2D eigenvalue weighted by molar-refractivity contribution is -0.130. The van der Waals surface area contributed by atoms with Crippen LogP contribution in [0, 0.1) is 5.92 Å². The molecule has 1 aliphatic carbocycles. The zero-order valence-electron chi connectivity index (χ0n) is 22.0. The summed E-state index contributed by atoms with van der Waals surface area (Å²) in [6, 6.07) is 15.1. The molecule has 2 aromatic rings. The van der Waals surface area contributed by atoms with E-state index in [1.165, 1.54) is 22.3 Å². The molecule has 0 radical (unpaired) electrons. The number of likely N-dealkylation sites (tertiary alicyclic amines) is 1. The summed E-state index contributed by atoms with van der Waals surface area (Å²) in [6.45, 7) is 6.84. The van der Waals surface area contributed by atoms with Gasteiger partial charge >= 0.3 is 0 Å². The predicted octanol–water partition coefficient (Wildman–Crippen LogP) is 3.39. The molecule has 1 spiro atoms. The fraction of sp³-hybridized carbons (Fsp3) is 0.548. The van der Waals surface area contributed by atoms with Crippen LogP contribution < -0.4 is 0 Å². The molecule has 1 atom stereocenters. The molecule has 37 heavy (non-hydrogen) atoms. The van der Waals surface area contributed by atoms with Crippen LogP contribution in [0.2, 0.25) is 0 Å². The van der Waals surface area contributed by atoms with Crippen molar-refractivity contribution < 1.29 is 14.7 Å². The van der Waals surface area contributed by atoms with Gasteiger partial charge in [-0.1, -0.05) is 36.4 Å². The van der Waals surface area contributed by atoms with E-state index in [9.17, 15) is 14.7 Å². The maximum atomic E-state index is 13.6. The Hall–Kier alpha value is -2.70. The number of aliphatic hydroxyl groups excluding tert-OH is 1. The number of hydrogen-bond donors (Lipinski definition) is 1. The minimum Gasteiger partial charge on any atom is -0.390 e. The van der Waals surface area contributed by atoms with Crippen LogP contribution in [-0.4, -0.2) is 77.0 Å². The van der Waals surface area contributed by atoms with Gasteiger partial charge in [0.1, 0.15) is 0 Å². The number of β-amino-alcohol motifs (C(OH)–C–C–N with tert-alkyl or cyclic N) is 1. The van der Waals surface area contributed by atoms with Gasteiger partial charge in [-0.05, 0) is 72.8 Å². The Labute approximate surface area is 220 Å². The number of rotatable bonds is 6. The molecule has 3 heterocycles. The van der Waals surface area contributed by atoms with E-state index in [4.69, 9.17) is 0 Å². The van der Waals surface area contributed by atoms with Gasteiger partial charge in [0.25, 0.3) is 5.91 Å². The molecule has 2 aromatic carbocycles. The van der Waals surface area contributed by atoms with Crippen molar-refractivity contribution in [2.75, 3.05) is 39.3 Å². The van der Waals surface area contributed by atoms with E-state index in [1.54, 1.807) is 6.92 Å². The average molecular weight is 502 g/mol. The molecule has 196 valence electrons. The first-order valence-corrected chi connectivity index (χ1v) is 14.1. The Morgan fingerprint density at radius 1 is 1.05 bits per heavy atom. The van der Waals surface area contributed by atoms with Crippen molar-refractivity contribution in [3.8, 4) is 0 Å². The highest BCUT2D eigenvalue weighted by Crippen LogP contribution is 2.52. The first-order chi connectivity index (χ1) is 17.9. The summed E-state index contributed by atoms with van der Waals surface area (Å²) in [6.07, 6.45) is 5.69. The van der Waals surface area contributed by atoms with E-state index in [0.29, 0.717) is 19.0 Å². The molecular formula is C31H39N3O3. The van der Waals surface area contributed by atoms with Crippen LogP contribution in [0.5, 0.6) is 0 Å². The molecule has 3 aliphatic heterocycles. The number of fused-ring (bicyclic) bond motifs is 3. The lowest BCUT2D eigenvalue weighted by Gasteiger charge is -2.37. The Balaban J connectivity index is 1.11. The van der Waals surface area contributed by atoms with Crippen LogP contribution in [0.1, 0.15) is 65.2 Å². The molecule has 1 saturated heterocycles.